The Hall–Kier alpha value is -7.02. The van der Waals surface area contributed by atoms with E-state index in [0.717, 1.165) is 77.6 Å². The van der Waals surface area contributed by atoms with E-state index in [-0.39, 0.29) is 0 Å². The number of hydrogen-bond donors (Lipinski definition) is 0. The van der Waals surface area contributed by atoms with Crippen molar-refractivity contribution < 1.29 is 4.42 Å². The van der Waals surface area contributed by atoms with Gasteiger partial charge in [0.2, 0.25) is 0 Å². The average Bonchev–Trinajstić information content (AvgIpc) is 3.93. The molecule has 0 unspecified atom stereocenters. The van der Waals surface area contributed by atoms with E-state index in [1.165, 1.54) is 23.3 Å². The van der Waals surface area contributed by atoms with E-state index < -0.39 is 13.3 Å². The van der Waals surface area contributed by atoms with E-state index in [0.29, 0.717) is 0 Å². The predicted molar refractivity (Wildman–Crippen MR) is 237 cm³/mol. The number of rotatable bonds is 5. The molecule has 0 radical (unpaired) electrons. The van der Waals surface area contributed by atoms with Gasteiger partial charge in [-0.25, -0.2) is 0 Å². The van der Waals surface area contributed by atoms with Gasteiger partial charge in [-0.05, 0) is 0 Å². The molecule has 3 aromatic heterocycles. The molecule has 57 heavy (non-hydrogen) atoms. The van der Waals surface area contributed by atoms with Crippen molar-refractivity contribution in [3.8, 4) is 39.5 Å². The van der Waals surface area contributed by atoms with Gasteiger partial charge in [-0.1, -0.05) is 12.1 Å². The Labute approximate surface area is 331 Å². The summed E-state index contributed by atoms with van der Waals surface area (Å²) in [6, 6.07) is 72.0. The Morgan fingerprint density at radius 1 is 0.456 bits per heavy atom. The molecule has 4 nitrogen and oxygen atoms in total. The van der Waals surface area contributed by atoms with Crippen LogP contribution in [0.1, 0.15) is 0 Å². The van der Waals surface area contributed by atoms with Crippen LogP contribution in [0.25, 0.3) is 83.2 Å². The molecule has 0 bridgehead atoms. The zero-order valence-electron chi connectivity index (χ0n) is 30.8. The molecule has 0 fully saturated rings. The van der Waals surface area contributed by atoms with E-state index in [2.05, 4.69) is 199 Å². The summed E-state index contributed by atoms with van der Waals surface area (Å²) in [5, 5.41) is 4.51. The minimum atomic E-state index is -3.73. The fourth-order valence-electron chi connectivity index (χ4n) is 9.54. The molecule has 0 atom stereocenters. The van der Waals surface area contributed by atoms with Crippen LogP contribution in [0.2, 0.25) is 0 Å². The first kappa shape index (κ1) is 32.2. The van der Waals surface area contributed by atoms with E-state index in [1.54, 1.807) is 0 Å². The monoisotopic (exact) mass is 789 g/mol. The van der Waals surface area contributed by atoms with E-state index >= 15 is 0 Å². The van der Waals surface area contributed by atoms with Gasteiger partial charge in [-0.15, -0.1) is 0 Å². The van der Waals surface area contributed by atoms with Gasteiger partial charge in [-0.3, -0.25) is 0 Å². The Morgan fingerprint density at radius 3 is 1.84 bits per heavy atom. The third-order valence-corrected chi connectivity index (χ3v) is 21.8. The van der Waals surface area contributed by atoms with Crippen LogP contribution >= 0.6 is 0 Å². The van der Waals surface area contributed by atoms with Gasteiger partial charge in [0.1, 0.15) is 0 Å². The summed E-state index contributed by atoms with van der Waals surface area (Å²) < 4.78 is 14.3. The Balaban J connectivity index is 1.22. The molecule has 266 valence electrons. The van der Waals surface area contributed by atoms with E-state index in [9.17, 15) is 0 Å². The van der Waals surface area contributed by atoms with Gasteiger partial charge in [0.05, 0.1) is 0 Å². The SMILES string of the molecule is c1ccc(-c2nc(-c3ccccc3-n3c4ccccc4c4c5oc6ccccc6c5ccc43)c3[c](n2)[Ge]([c]2ccccc2)([c]2ccccc2)[c]2ccccc2-3)cc1. The standard InChI is InChI=1S/C52H33GeN3O/c1-4-18-34(19-5-1)52-54-49(48-39-25-10-14-28-42(39)53(51(48)55-52,35-20-6-2-7-21-35)36-22-8-3-9-23-36)41-27-12-16-30-44(41)56-43-29-15-11-26-40(43)47-45(56)33-32-38-37-24-13-17-31-46(37)57-50(38)47/h1-33H. The fourth-order valence-corrected chi connectivity index (χ4v) is 20.0. The molecule has 12 rings (SSSR count). The number of furan rings is 1. The van der Waals surface area contributed by atoms with E-state index in [1.807, 2.05) is 6.07 Å². The maximum absolute atomic E-state index is 6.68. The number of para-hydroxylation sites is 3. The van der Waals surface area contributed by atoms with Crippen molar-refractivity contribution in [2.24, 2.45) is 0 Å². The second kappa shape index (κ2) is 12.5. The summed E-state index contributed by atoms with van der Waals surface area (Å²) in [6.07, 6.45) is 0. The molecule has 1 aliphatic rings. The third-order valence-electron chi connectivity index (χ3n) is 11.9. The fraction of sp³-hybridized carbons (Fsp3) is 0. The molecule has 4 heterocycles. The van der Waals surface area contributed by atoms with Crippen LogP contribution in [0.4, 0.5) is 0 Å². The molecule has 0 N–H and O–H groups in total. The number of fused-ring (bicyclic) bond motifs is 10. The van der Waals surface area contributed by atoms with Gasteiger partial charge < -0.3 is 0 Å². The third kappa shape index (κ3) is 4.56. The first-order chi connectivity index (χ1) is 28.3. The molecule has 0 spiro atoms. The molecular formula is C52H33GeN3O. The quantitative estimate of drug-likeness (QED) is 0.163. The number of aromatic nitrogens is 3. The number of nitrogens with zero attached hydrogens (tertiary/aromatic N) is 3. The van der Waals surface area contributed by atoms with Gasteiger partial charge >= 0.3 is 321 Å². The molecular weight excluding hydrogens is 755 g/mol. The summed E-state index contributed by atoms with van der Waals surface area (Å²) in [4.78, 5) is 11.4. The predicted octanol–water partition coefficient (Wildman–Crippen LogP) is 10.2. The van der Waals surface area contributed by atoms with Crippen LogP contribution in [-0.2, 0) is 0 Å². The molecule has 8 aromatic carbocycles. The summed E-state index contributed by atoms with van der Waals surface area (Å²) in [5.74, 6) is 0.736. The van der Waals surface area contributed by atoms with Crippen LogP contribution < -0.4 is 17.7 Å². The van der Waals surface area contributed by atoms with Crippen molar-refractivity contribution in [1.82, 2.24) is 14.5 Å². The molecule has 1 aliphatic heterocycles. The molecule has 0 saturated heterocycles. The van der Waals surface area contributed by atoms with Crippen molar-refractivity contribution in [3.05, 3.63) is 200 Å². The second-order valence-corrected chi connectivity index (χ2v) is 22.5. The Bertz CT molecular complexity index is 3310. The van der Waals surface area contributed by atoms with Gasteiger partial charge in [0.25, 0.3) is 0 Å². The topological polar surface area (TPSA) is 43.9 Å². The Kier molecular flexibility index (Phi) is 7.07. The van der Waals surface area contributed by atoms with Crippen molar-refractivity contribution in [3.63, 3.8) is 0 Å². The van der Waals surface area contributed by atoms with Crippen LogP contribution in [0.3, 0.4) is 0 Å². The van der Waals surface area contributed by atoms with Gasteiger partial charge in [0, 0.05) is 0 Å². The summed E-state index contributed by atoms with van der Waals surface area (Å²) >= 11 is -3.73. The van der Waals surface area contributed by atoms with Gasteiger partial charge in [0.15, 0.2) is 0 Å². The van der Waals surface area contributed by atoms with Crippen LogP contribution in [0.5, 0.6) is 0 Å². The molecule has 0 saturated carbocycles. The number of hydrogen-bond acceptors (Lipinski definition) is 3. The van der Waals surface area contributed by atoms with Crippen LogP contribution in [0.15, 0.2) is 205 Å². The summed E-state index contributed by atoms with van der Waals surface area (Å²) in [7, 11) is 0. The maximum atomic E-state index is 6.68. The van der Waals surface area contributed by atoms with Crippen LogP contribution in [-0.4, -0.2) is 27.8 Å². The second-order valence-electron chi connectivity index (χ2n) is 14.8. The first-order valence-electron chi connectivity index (χ1n) is 19.4. The zero-order chi connectivity index (χ0) is 37.5. The van der Waals surface area contributed by atoms with Crippen molar-refractivity contribution >= 4 is 74.7 Å². The minimum absolute atomic E-state index is 0.736. The number of benzene rings is 8. The molecule has 0 amide bonds. The molecule has 5 heteroatoms. The molecule has 0 aliphatic carbocycles. The molecule has 11 aromatic rings. The summed E-state index contributed by atoms with van der Waals surface area (Å²) in [6.45, 7) is 0. The summed E-state index contributed by atoms with van der Waals surface area (Å²) in [5.41, 5.74) is 10.4. The van der Waals surface area contributed by atoms with Crippen molar-refractivity contribution in [2.75, 3.05) is 0 Å². The average molecular weight is 788 g/mol. The van der Waals surface area contributed by atoms with Gasteiger partial charge in [-0.2, -0.15) is 0 Å². The van der Waals surface area contributed by atoms with E-state index in [4.69, 9.17) is 14.4 Å². The Morgan fingerprint density at radius 2 is 1.07 bits per heavy atom. The van der Waals surface area contributed by atoms with Crippen molar-refractivity contribution in [2.45, 2.75) is 0 Å². The first-order valence-corrected chi connectivity index (χ1v) is 23.6. The van der Waals surface area contributed by atoms with Crippen LogP contribution in [0, 0.1) is 0 Å². The zero-order valence-corrected chi connectivity index (χ0v) is 32.9. The van der Waals surface area contributed by atoms with Crippen molar-refractivity contribution in [1.29, 1.82) is 0 Å². The normalized spacial score (nSPS) is 13.1.